The molecule has 1 heterocycles. The molecule has 0 saturated heterocycles. The van der Waals surface area contributed by atoms with Gasteiger partial charge in [0.2, 0.25) is 0 Å². The Kier molecular flexibility index (Phi) is 7.39. The minimum atomic E-state index is -0.467. The van der Waals surface area contributed by atoms with E-state index in [9.17, 15) is 5.11 Å². The molecule has 0 bridgehead atoms. The topological polar surface area (TPSA) is 50.7 Å². The summed E-state index contributed by atoms with van der Waals surface area (Å²) >= 11 is 1.70. The number of aliphatic hydroxyl groups is 1. The average molecular weight is 259 g/mol. The predicted molar refractivity (Wildman–Crippen MR) is 69.5 cm³/mol. The Morgan fingerprint density at radius 3 is 2.88 bits per heavy atom. The maximum atomic E-state index is 9.62. The molecule has 1 aromatic heterocycles. The molecule has 98 valence electrons. The summed E-state index contributed by atoms with van der Waals surface area (Å²) in [7, 11) is 1.63. The van der Waals surface area contributed by atoms with Crippen LogP contribution in [0.3, 0.4) is 0 Å². The van der Waals surface area contributed by atoms with Gasteiger partial charge < -0.3 is 19.9 Å². The van der Waals surface area contributed by atoms with E-state index in [1.54, 1.807) is 18.4 Å². The molecule has 0 amide bonds. The van der Waals surface area contributed by atoms with Gasteiger partial charge in [-0.05, 0) is 28.8 Å². The Morgan fingerprint density at radius 1 is 1.41 bits per heavy atom. The summed E-state index contributed by atoms with van der Waals surface area (Å²) in [6.07, 6.45) is -0.467. The van der Waals surface area contributed by atoms with Gasteiger partial charge in [-0.2, -0.15) is 11.3 Å². The lowest BCUT2D eigenvalue weighted by atomic mass is 10.2. The van der Waals surface area contributed by atoms with Gasteiger partial charge in [0.1, 0.15) is 0 Å². The summed E-state index contributed by atoms with van der Waals surface area (Å²) in [6, 6.07) is 0. The van der Waals surface area contributed by atoms with Crippen LogP contribution < -0.4 is 5.32 Å². The molecule has 1 unspecified atom stereocenters. The summed E-state index contributed by atoms with van der Waals surface area (Å²) in [5.41, 5.74) is 2.59. The molecule has 17 heavy (non-hydrogen) atoms. The van der Waals surface area contributed by atoms with E-state index in [1.165, 1.54) is 11.1 Å². The Morgan fingerprint density at radius 2 is 2.24 bits per heavy atom. The van der Waals surface area contributed by atoms with Crippen molar-refractivity contribution < 1.29 is 14.6 Å². The second kappa shape index (κ2) is 8.60. The molecule has 1 atom stereocenters. The number of aliphatic hydroxyl groups excluding tert-OH is 1. The van der Waals surface area contributed by atoms with Gasteiger partial charge in [-0.15, -0.1) is 0 Å². The Labute approximate surface area is 107 Å². The standard InChI is InChI=1S/C12H21NO3S/c1-10-8-17-9-11(10)5-13-6-12(14)7-16-4-3-15-2/h8-9,12-14H,3-7H2,1-2H3. The van der Waals surface area contributed by atoms with Crippen LogP contribution in [0.5, 0.6) is 0 Å². The summed E-state index contributed by atoms with van der Waals surface area (Å²) in [5.74, 6) is 0. The zero-order chi connectivity index (χ0) is 12.5. The molecule has 4 nitrogen and oxygen atoms in total. The third-order valence-corrected chi connectivity index (χ3v) is 3.31. The van der Waals surface area contributed by atoms with E-state index in [0.29, 0.717) is 26.4 Å². The van der Waals surface area contributed by atoms with Crippen LogP contribution in [-0.4, -0.2) is 44.7 Å². The van der Waals surface area contributed by atoms with Crippen LogP contribution in [0.4, 0.5) is 0 Å². The SMILES string of the molecule is COCCOCC(O)CNCc1cscc1C. The first kappa shape index (κ1) is 14.6. The number of aryl methyl sites for hydroxylation is 1. The molecular weight excluding hydrogens is 238 g/mol. The number of ether oxygens (including phenoxy) is 2. The third kappa shape index (κ3) is 6.14. The van der Waals surface area contributed by atoms with Crippen LogP contribution >= 0.6 is 11.3 Å². The molecule has 1 rings (SSSR count). The molecule has 0 aliphatic rings. The number of rotatable bonds is 9. The van der Waals surface area contributed by atoms with E-state index in [1.807, 2.05) is 0 Å². The lowest BCUT2D eigenvalue weighted by Gasteiger charge is -2.12. The third-order valence-electron chi connectivity index (χ3n) is 2.40. The molecule has 0 spiro atoms. The van der Waals surface area contributed by atoms with Crippen molar-refractivity contribution in [1.29, 1.82) is 0 Å². The summed E-state index contributed by atoms with van der Waals surface area (Å²) < 4.78 is 10.1. The fourth-order valence-electron chi connectivity index (χ4n) is 1.36. The molecule has 0 fully saturated rings. The quantitative estimate of drug-likeness (QED) is 0.654. The normalized spacial score (nSPS) is 12.9. The van der Waals surface area contributed by atoms with Crippen LogP contribution in [0.1, 0.15) is 11.1 Å². The van der Waals surface area contributed by atoms with E-state index >= 15 is 0 Å². The van der Waals surface area contributed by atoms with Crippen molar-refractivity contribution in [2.24, 2.45) is 0 Å². The fraction of sp³-hybridized carbons (Fsp3) is 0.667. The second-order valence-corrected chi connectivity index (χ2v) is 4.68. The fourth-order valence-corrected chi connectivity index (χ4v) is 2.22. The molecule has 0 radical (unpaired) electrons. The highest BCUT2D eigenvalue weighted by molar-refractivity contribution is 7.08. The van der Waals surface area contributed by atoms with Crippen LogP contribution in [0.2, 0.25) is 0 Å². The van der Waals surface area contributed by atoms with Gasteiger partial charge >= 0.3 is 0 Å². The number of methoxy groups -OCH3 is 1. The van der Waals surface area contributed by atoms with Gasteiger partial charge in [0, 0.05) is 20.2 Å². The highest BCUT2D eigenvalue weighted by Crippen LogP contribution is 2.12. The van der Waals surface area contributed by atoms with E-state index < -0.39 is 6.10 Å². The molecule has 2 N–H and O–H groups in total. The highest BCUT2D eigenvalue weighted by atomic mass is 32.1. The van der Waals surface area contributed by atoms with E-state index in [4.69, 9.17) is 9.47 Å². The number of hydrogen-bond acceptors (Lipinski definition) is 5. The molecule has 1 aromatic rings. The Balaban J connectivity index is 2.04. The molecule has 0 aliphatic heterocycles. The number of nitrogens with one attached hydrogen (secondary N) is 1. The van der Waals surface area contributed by atoms with Crippen molar-refractivity contribution in [3.8, 4) is 0 Å². The maximum absolute atomic E-state index is 9.62. The molecule has 0 saturated carbocycles. The van der Waals surface area contributed by atoms with Crippen LogP contribution in [0.25, 0.3) is 0 Å². The second-order valence-electron chi connectivity index (χ2n) is 3.93. The monoisotopic (exact) mass is 259 g/mol. The largest absolute Gasteiger partial charge is 0.389 e. The summed E-state index contributed by atoms with van der Waals surface area (Å²) in [4.78, 5) is 0. The van der Waals surface area contributed by atoms with Crippen molar-refractivity contribution in [2.45, 2.75) is 19.6 Å². The lowest BCUT2D eigenvalue weighted by molar-refractivity contribution is 0.0137. The highest BCUT2D eigenvalue weighted by Gasteiger charge is 2.04. The summed E-state index contributed by atoms with van der Waals surface area (Å²) in [6.45, 7) is 4.87. The van der Waals surface area contributed by atoms with Crippen LogP contribution in [-0.2, 0) is 16.0 Å². The van der Waals surface area contributed by atoms with Gasteiger partial charge in [-0.3, -0.25) is 0 Å². The minimum absolute atomic E-state index is 0.346. The lowest BCUT2D eigenvalue weighted by Crippen LogP contribution is -2.30. The van der Waals surface area contributed by atoms with E-state index in [-0.39, 0.29) is 0 Å². The van der Waals surface area contributed by atoms with Gasteiger partial charge in [-0.25, -0.2) is 0 Å². The van der Waals surface area contributed by atoms with Gasteiger partial charge in [0.25, 0.3) is 0 Å². The van der Waals surface area contributed by atoms with Gasteiger partial charge in [0.15, 0.2) is 0 Å². The zero-order valence-electron chi connectivity index (χ0n) is 10.4. The van der Waals surface area contributed by atoms with Crippen molar-refractivity contribution in [2.75, 3.05) is 33.5 Å². The predicted octanol–water partition coefficient (Wildman–Crippen LogP) is 1.17. The van der Waals surface area contributed by atoms with Gasteiger partial charge in [-0.1, -0.05) is 0 Å². The molecule has 5 heteroatoms. The Bertz CT molecular complexity index is 304. The van der Waals surface area contributed by atoms with E-state index in [0.717, 1.165) is 6.54 Å². The van der Waals surface area contributed by atoms with Crippen molar-refractivity contribution in [3.05, 3.63) is 21.9 Å². The first-order valence-electron chi connectivity index (χ1n) is 5.71. The number of thiophene rings is 1. The average Bonchev–Trinajstić information content (AvgIpc) is 2.71. The van der Waals surface area contributed by atoms with Crippen molar-refractivity contribution >= 4 is 11.3 Å². The molecule has 0 aliphatic carbocycles. The smallest absolute Gasteiger partial charge is 0.0897 e. The van der Waals surface area contributed by atoms with Crippen molar-refractivity contribution in [1.82, 2.24) is 5.32 Å². The minimum Gasteiger partial charge on any atom is -0.389 e. The van der Waals surface area contributed by atoms with Crippen molar-refractivity contribution in [3.63, 3.8) is 0 Å². The first-order valence-corrected chi connectivity index (χ1v) is 6.65. The molecule has 0 aromatic carbocycles. The first-order chi connectivity index (χ1) is 8.24. The summed E-state index contributed by atoms with van der Waals surface area (Å²) in [5, 5.41) is 17.1. The van der Waals surface area contributed by atoms with Crippen LogP contribution in [0, 0.1) is 6.92 Å². The Hall–Kier alpha value is -0.460. The molecular formula is C12H21NO3S. The van der Waals surface area contributed by atoms with Gasteiger partial charge in [0.05, 0.1) is 25.9 Å². The maximum Gasteiger partial charge on any atom is 0.0897 e. The zero-order valence-corrected chi connectivity index (χ0v) is 11.3. The number of hydrogen-bond donors (Lipinski definition) is 2. The van der Waals surface area contributed by atoms with Crippen LogP contribution in [0.15, 0.2) is 10.8 Å². The van der Waals surface area contributed by atoms with E-state index in [2.05, 4.69) is 23.0 Å².